The van der Waals surface area contributed by atoms with E-state index in [4.69, 9.17) is 4.74 Å². The molecule has 0 radical (unpaired) electrons. The number of amides is 2. The summed E-state index contributed by atoms with van der Waals surface area (Å²) in [5, 5.41) is 11.9. The number of aliphatic carboxylic acids is 1. The highest BCUT2D eigenvalue weighted by Crippen LogP contribution is 2.17. The summed E-state index contributed by atoms with van der Waals surface area (Å²) in [7, 11) is 0. The van der Waals surface area contributed by atoms with Gasteiger partial charge in [0, 0.05) is 6.54 Å². The van der Waals surface area contributed by atoms with E-state index in [1.807, 2.05) is 37.3 Å². The van der Waals surface area contributed by atoms with Crippen molar-refractivity contribution in [1.82, 2.24) is 10.2 Å². The molecule has 0 bridgehead atoms. The summed E-state index contributed by atoms with van der Waals surface area (Å²) >= 11 is 0. The van der Waals surface area contributed by atoms with E-state index in [2.05, 4.69) is 5.32 Å². The van der Waals surface area contributed by atoms with Gasteiger partial charge in [-0.1, -0.05) is 42.5 Å². The number of rotatable bonds is 9. The summed E-state index contributed by atoms with van der Waals surface area (Å²) in [6, 6.07) is 14.8. The van der Waals surface area contributed by atoms with Gasteiger partial charge in [0.15, 0.2) is 0 Å². The number of nitrogens with zero attached hydrogens (tertiary/aromatic N) is 1. The molecule has 0 aromatic heterocycles. The summed E-state index contributed by atoms with van der Waals surface area (Å²) in [6.45, 7) is 3.48. The highest BCUT2D eigenvalue weighted by molar-refractivity contribution is 5.99. The van der Waals surface area contributed by atoms with Crippen molar-refractivity contribution in [1.29, 1.82) is 0 Å². The van der Waals surface area contributed by atoms with Crippen LogP contribution in [0, 0.1) is 0 Å². The molecule has 2 aromatic carbocycles. The Morgan fingerprint density at radius 1 is 1.07 bits per heavy atom. The molecule has 1 unspecified atom stereocenters. The highest BCUT2D eigenvalue weighted by Gasteiger charge is 2.26. The number of carbonyl (C=O) groups excluding carboxylic acids is 2. The average molecular weight is 384 g/mol. The molecule has 0 aliphatic heterocycles. The Morgan fingerprint density at radius 2 is 1.71 bits per heavy atom. The van der Waals surface area contributed by atoms with Crippen LogP contribution in [0.15, 0.2) is 54.6 Å². The molecule has 0 aliphatic rings. The Hall–Kier alpha value is -3.35. The molecule has 0 spiro atoms. The molecule has 28 heavy (non-hydrogen) atoms. The predicted molar refractivity (Wildman–Crippen MR) is 104 cm³/mol. The summed E-state index contributed by atoms with van der Waals surface area (Å²) in [5.41, 5.74) is 1.12. The Kier molecular flexibility index (Phi) is 7.56. The summed E-state index contributed by atoms with van der Waals surface area (Å²) < 4.78 is 5.43. The first-order chi connectivity index (χ1) is 13.4. The Balaban J connectivity index is 2.08. The molecule has 0 saturated carbocycles. The summed E-state index contributed by atoms with van der Waals surface area (Å²) in [5.74, 6) is -1.63. The van der Waals surface area contributed by atoms with Crippen molar-refractivity contribution >= 4 is 17.8 Å². The zero-order chi connectivity index (χ0) is 20.5. The van der Waals surface area contributed by atoms with Gasteiger partial charge < -0.3 is 20.1 Å². The van der Waals surface area contributed by atoms with E-state index >= 15 is 0 Å². The molecule has 2 aromatic rings. The monoisotopic (exact) mass is 384 g/mol. The molecular formula is C21H24N2O5. The van der Waals surface area contributed by atoms with Crippen molar-refractivity contribution in [2.45, 2.75) is 26.4 Å². The molecule has 1 atom stereocenters. The average Bonchev–Trinajstić information content (AvgIpc) is 2.71. The molecule has 0 fully saturated rings. The fourth-order valence-electron chi connectivity index (χ4n) is 2.64. The van der Waals surface area contributed by atoms with Crippen molar-refractivity contribution in [3.05, 3.63) is 65.7 Å². The molecule has 2 N–H and O–H groups in total. The Bertz CT molecular complexity index is 823. The van der Waals surface area contributed by atoms with Crippen molar-refractivity contribution in [3.63, 3.8) is 0 Å². The van der Waals surface area contributed by atoms with Gasteiger partial charge in [-0.3, -0.25) is 9.59 Å². The maximum absolute atomic E-state index is 12.7. The van der Waals surface area contributed by atoms with Crippen molar-refractivity contribution in [3.8, 4) is 5.75 Å². The second kappa shape index (κ2) is 10.1. The molecule has 0 heterocycles. The lowest BCUT2D eigenvalue weighted by atomic mass is 10.1. The minimum Gasteiger partial charge on any atom is -0.493 e. The molecule has 2 amide bonds. The van der Waals surface area contributed by atoms with Gasteiger partial charge in [0.05, 0.1) is 18.7 Å². The fraction of sp³-hybridized carbons (Fsp3) is 0.286. The largest absolute Gasteiger partial charge is 0.493 e. The minimum absolute atomic E-state index is 0.137. The first-order valence-corrected chi connectivity index (χ1v) is 9.00. The molecular weight excluding hydrogens is 360 g/mol. The number of para-hydroxylation sites is 1. The zero-order valence-electron chi connectivity index (χ0n) is 15.9. The van der Waals surface area contributed by atoms with E-state index in [0.29, 0.717) is 17.9 Å². The second-order valence-electron chi connectivity index (χ2n) is 6.13. The van der Waals surface area contributed by atoms with Crippen molar-refractivity contribution in [2.24, 2.45) is 0 Å². The molecule has 0 saturated heterocycles. The van der Waals surface area contributed by atoms with Crippen molar-refractivity contribution < 1.29 is 24.2 Å². The predicted octanol–water partition coefficient (Wildman–Crippen LogP) is 2.32. The van der Waals surface area contributed by atoms with Crippen LogP contribution in [0.2, 0.25) is 0 Å². The summed E-state index contributed by atoms with van der Waals surface area (Å²) in [4.78, 5) is 37.8. The number of carboxylic acid groups (broad SMARTS) is 1. The fourth-order valence-corrected chi connectivity index (χ4v) is 2.64. The van der Waals surface area contributed by atoms with E-state index in [1.54, 1.807) is 24.3 Å². The third-order valence-electron chi connectivity index (χ3n) is 4.17. The Morgan fingerprint density at radius 3 is 2.36 bits per heavy atom. The topological polar surface area (TPSA) is 95.9 Å². The standard InChI is InChI=1S/C21H24N2O5/c1-3-28-18-12-8-7-11-17(18)20(25)22-13-19(24)23(15(2)21(26)27)14-16-9-5-4-6-10-16/h4-12,15H,3,13-14H2,1-2H3,(H,22,25)(H,26,27). The van der Waals surface area contributed by atoms with Crippen LogP contribution in [0.3, 0.4) is 0 Å². The van der Waals surface area contributed by atoms with Crippen molar-refractivity contribution in [2.75, 3.05) is 13.2 Å². The van der Waals surface area contributed by atoms with Gasteiger partial charge >= 0.3 is 5.97 Å². The van der Waals surface area contributed by atoms with Crippen LogP contribution in [0.25, 0.3) is 0 Å². The van der Waals surface area contributed by atoms with Gasteiger partial charge in [-0.15, -0.1) is 0 Å². The molecule has 7 nitrogen and oxygen atoms in total. The van der Waals surface area contributed by atoms with Gasteiger partial charge in [0.25, 0.3) is 5.91 Å². The van der Waals surface area contributed by atoms with E-state index < -0.39 is 23.8 Å². The number of nitrogens with one attached hydrogen (secondary N) is 1. The number of ether oxygens (including phenoxy) is 1. The molecule has 7 heteroatoms. The van der Waals surface area contributed by atoms with Gasteiger partial charge in [-0.2, -0.15) is 0 Å². The van der Waals surface area contributed by atoms with Crippen LogP contribution in [0.5, 0.6) is 5.75 Å². The van der Waals surface area contributed by atoms with E-state index in [1.165, 1.54) is 11.8 Å². The smallest absolute Gasteiger partial charge is 0.326 e. The normalized spacial score (nSPS) is 11.4. The van der Waals surface area contributed by atoms with Crippen LogP contribution in [-0.2, 0) is 16.1 Å². The maximum Gasteiger partial charge on any atom is 0.326 e. The number of hydrogen-bond donors (Lipinski definition) is 2. The molecule has 2 rings (SSSR count). The van der Waals surface area contributed by atoms with Gasteiger partial charge in [-0.25, -0.2) is 4.79 Å². The van der Waals surface area contributed by atoms with Crippen LogP contribution < -0.4 is 10.1 Å². The van der Waals surface area contributed by atoms with Crippen LogP contribution in [0.4, 0.5) is 0 Å². The highest BCUT2D eigenvalue weighted by atomic mass is 16.5. The lowest BCUT2D eigenvalue weighted by Gasteiger charge is -2.27. The number of carboxylic acids is 1. The second-order valence-corrected chi connectivity index (χ2v) is 6.13. The van der Waals surface area contributed by atoms with Crippen LogP contribution >= 0.6 is 0 Å². The minimum atomic E-state index is -1.11. The van der Waals surface area contributed by atoms with E-state index in [9.17, 15) is 19.5 Å². The van der Waals surface area contributed by atoms with Gasteiger partial charge in [0.1, 0.15) is 11.8 Å². The third kappa shape index (κ3) is 5.57. The molecule has 148 valence electrons. The molecule has 0 aliphatic carbocycles. The Labute approximate surface area is 163 Å². The quantitative estimate of drug-likeness (QED) is 0.692. The first kappa shape index (κ1) is 21.0. The van der Waals surface area contributed by atoms with Crippen LogP contribution in [-0.4, -0.2) is 47.0 Å². The van der Waals surface area contributed by atoms with E-state index in [0.717, 1.165) is 5.56 Å². The lowest BCUT2D eigenvalue weighted by Crippen LogP contribution is -2.47. The number of hydrogen-bond acceptors (Lipinski definition) is 4. The SMILES string of the molecule is CCOc1ccccc1C(=O)NCC(=O)N(Cc1ccccc1)C(C)C(=O)O. The number of benzene rings is 2. The first-order valence-electron chi connectivity index (χ1n) is 9.00. The summed E-state index contributed by atoms with van der Waals surface area (Å²) in [6.07, 6.45) is 0. The van der Waals surface area contributed by atoms with E-state index in [-0.39, 0.29) is 13.1 Å². The maximum atomic E-state index is 12.7. The third-order valence-corrected chi connectivity index (χ3v) is 4.17. The zero-order valence-corrected chi connectivity index (χ0v) is 15.9. The van der Waals surface area contributed by atoms with Gasteiger partial charge in [0.2, 0.25) is 5.91 Å². The lowest BCUT2D eigenvalue weighted by molar-refractivity contribution is -0.149. The van der Waals surface area contributed by atoms with Crippen LogP contribution in [0.1, 0.15) is 29.8 Å². The van der Waals surface area contributed by atoms with Gasteiger partial charge in [-0.05, 0) is 31.5 Å². The number of carbonyl (C=O) groups is 3.